The summed E-state index contributed by atoms with van der Waals surface area (Å²) >= 11 is 12.1. The predicted molar refractivity (Wildman–Crippen MR) is 428 cm³/mol. The van der Waals surface area contributed by atoms with Gasteiger partial charge in [-0.25, -0.2) is 19.2 Å². The molecule has 28 heteroatoms. The van der Waals surface area contributed by atoms with Gasteiger partial charge in [-0.3, -0.25) is 9.59 Å². The summed E-state index contributed by atoms with van der Waals surface area (Å²) in [5.41, 5.74) is 9.75. The number of rotatable bonds is 21. The number of ether oxygens (including phenoxy) is 5. The number of aromatic hydroxyl groups is 5. The highest BCUT2D eigenvalue weighted by Crippen LogP contribution is 2.40. The number of phenols is 5. The SMILES string of the molecule is C=C(C)C(=O)OCC(O)COC(=O)Cc1cc(-n2nc3ccc(Cl)cc3n2)c(O)c(C(C)(C)C)c1.C=C(C)C(=O)OCc1cc(-n2nc3ccc(Cl)cc3n2)c(O)c(C(C)(C)C)c1.C=C(C)C(=O)OCc1cc(-n2nc3ccccc3n2)c(O)c(C(C)(C)C)c1.C=C(C)C(=O)OCc1ccc(O)c(C(=O)c2ccccc2O)c1. The number of carbonyl (C=O) groups is 6. The highest BCUT2D eigenvalue weighted by atomic mass is 35.5. The fourth-order valence-electron chi connectivity index (χ4n) is 10.7. The molecule has 26 nitrogen and oxygen atoms in total. The lowest BCUT2D eigenvalue weighted by Gasteiger charge is -2.23. The van der Waals surface area contributed by atoms with E-state index in [2.05, 4.69) is 56.9 Å². The third-order valence-electron chi connectivity index (χ3n) is 16.6. The largest absolute Gasteiger partial charge is 0.507 e. The molecule has 0 amide bonds. The summed E-state index contributed by atoms with van der Waals surface area (Å²) in [5, 5.41) is 90.0. The van der Waals surface area contributed by atoms with E-state index in [0.717, 1.165) is 22.2 Å². The van der Waals surface area contributed by atoms with Gasteiger partial charge in [0.15, 0.2) is 5.78 Å². The van der Waals surface area contributed by atoms with Crippen LogP contribution in [-0.4, -0.2) is 131 Å². The predicted octanol–water partition coefficient (Wildman–Crippen LogP) is 15.3. The molecule has 0 bridgehead atoms. The first-order valence-electron chi connectivity index (χ1n) is 35.2. The van der Waals surface area contributed by atoms with Gasteiger partial charge in [0.2, 0.25) is 0 Å². The standard InChI is InChI=1S/C25H28ClN3O6.C21H22ClN3O3.C21H23N3O3.C18H16O5/c1-14(2)24(33)35-13-17(30)12-34-22(31)10-15-8-18(25(3,4)5)23(32)21(9-15)29-27-19-7-6-16(26)11-20(19)28-29;1-12(2)20(27)28-11-13-8-15(21(3,4)5)19(26)18(9-13)25-23-16-7-6-14(22)10-17(16)24-25;1-13(2)20(26)27-12-14-10-15(21(3,4)5)19(25)18(11-14)24-22-16-8-6-7-9-17(16)23-24;1-11(2)18(22)23-10-12-7-8-16(20)14(9-12)17(21)13-5-3-4-6-15(13)19/h6-9,11,17,30,32H,1,10,12-13H2,2-5H3;6-10,26H,1,11H2,2-5H3;6-11,25H,1,12H2,2-5H3;3-9,19-20H,1,10H2,2H3. The van der Waals surface area contributed by atoms with Crippen LogP contribution < -0.4 is 0 Å². The number of aliphatic hydroxyl groups is 1. The normalized spacial score (nSPS) is 11.5. The van der Waals surface area contributed by atoms with Crippen LogP contribution in [0.1, 0.15) is 145 Å². The second-order valence-corrected chi connectivity index (χ2v) is 30.5. The van der Waals surface area contributed by atoms with Crippen LogP contribution in [0.25, 0.3) is 50.2 Å². The van der Waals surface area contributed by atoms with E-state index in [1.54, 1.807) is 92.7 Å². The molecule has 1 atom stereocenters. The molecule has 0 radical (unpaired) electrons. The van der Waals surface area contributed by atoms with Crippen LogP contribution in [0.3, 0.4) is 0 Å². The maximum absolute atomic E-state index is 12.5. The van der Waals surface area contributed by atoms with Crippen LogP contribution in [0.15, 0.2) is 188 Å². The minimum absolute atomic E-state index is 0.00392. The smallest absolute Gasteiger partial charge is 0.333 e. The zero-order valence-electron chi connectivity index (χ0n) is 64.9. The van der Waals surface area contributed by atoms with Gasteiger partial charge in [-0.1, -0.05) is 148 Å². The Labute approximate surface area is 662 Å². The maximum atomic E-state index is 12.5. The van der Waals surface area contributed by atoms with Gasteiger partial charge in [0.05, 0.1) is 17.5 Å². The quantitative estimate of drug-likeness (QED) is 0.0168. The van der Waals surface area contributed by atoms with Crippen LogP contribution in [0.5, 0.6) is 28.7 Å². The number of phenolic OH excluding ortho intramolecular Hbond substituents is 5. The Kier molecular flexibility index (Phi) is 27.8. The Hall–Kier alpha value is -12.5. The summed E-state index contributed by atoms with van der Waals surface area (Å²) in [6.07, 6.45) is -1.29. The van der Waals surface area contributed by atoms with Gasteiger partial charge in [0.1, 0.15) is 118 Å². The summed E-state index contributed by atoms with van der Waals surface area (Å²) in [7, 11) is 0. The van der Waals surface area contributed by atoms with Crippen molar-refractivity contribution in [2.45, 2.75) is 139 Å². The number of ketones is 1. The third kappa shape index (κ3) is 22.8. The van der Waals surface area contributed by atoms with Crippen molar-refractivity contribution in [1.29, 1.82) is 0 Å². The zero-order valence-corrected chi connectivity index (χ0v) is 66.4. The average Bonchev–Trinajstić information content (AvgIpc) is 1.72. The summed E-state index contributed by atoms with van der Waals surface area (Å²) in [6, 6.07) is 38.6. The van der Waals surface area contributed by atoms with Crippen molar-refractivity contribution in [3.05, 3.63) is 248 Å². The zero-order chi connectivity index (χ0) is 83.3. The fraction of sp³-hybridized carbons (Fsp3) is 0.271. The first-order valence-corrected chi connectivity index (χ1v) is 36.0. The molecule has 0 saturated heterocycles. The van der Waals surface area contributed by atoms with Crippen LogP contribution in [0.4, 0.5) is 0 Å². The topological polar surface area (TPSA) is 362 Å². The number of para-hydroxylation sites is 1. The highest BCUT2D eigenvalue weighted by Gasteiger charge is 2.29. The highest BCUT2D eigenvalue weighted by molar-refractivity contribution is 6.31. The second-order valence-electron chi connectivity index (χ2n) is 29.7. The van der Waals surface area contributed by atoms with Gasteiger partial charge < -0.3 is 54.3 Å². The van der Waals surface area contributed by atoms with Gasteiger partial charge in [0, 0.05) is 49.0 Å². The van der Waals surface area contributed by atoms with E-state index in [-0.39, 0.29) is 101 Å². The number of aromatic nitrogens is 9. The summed E-state index contributed by atoms with van der Waals surface area (Å²) < 4.78 is 25.6. The first kappa shape index (κ1) is 86.1. The molecule has 590 valence electrons. The minimum atomic E-state index is -1.17. The van der Waals surface area contributed by atoms with Gasteiger partial charge in [-0.05, 0) is 169 Å². The van der Waals surface area contributed by atoms with Crippen LogP contribution in [0, 0.1) is 0 Å². The van der Waals surface area contributed by atoms with E-state index < -0.39 is 47.1 Å². The van der Waals surface area contributed by atoms with E-state index in [1.807, 2.05) is 98.7 Å². The van der Waals surface area contributed by atoms with Crippen molar-refractivity contribution >= 4 is 91.9 Å². The molecular weight excluding hydrogens is 1490 g/mol. The number of hydrogen-bond donors (Lipinski definition) is 6. The van der Waals surface area contributed by atoms with E-state index in [1.165, 1.54) is 52.5 Å². The number of benzene rings is 8. The van der Waals surface area contributed by atoms with Crippen molar-refractivity contribution in [2.24, 2.45) is 0 Å². The molecule has 1 unspecified atom stereocenters. The molecule has 0 saturated carbocycles. The number of esters is 5. The number of halogens is 2. The molecule has 3 heterocycles. The molecule has 11 rings (SSSR count). The Morgan fingerprint density at radius 2 is 0.726 bits per heavy atom. The Morgan fingerprint density at radius 3 is 1.12 bits per heavy atom. The number of carbonyl (C=O) groups excluding carboxylic acids is 6. The molecule has 0 fully saturated rings. The van der Waals surface area contributed by atoms with Gasteiger partial charge in [0.25, 0.3) is 0 Å². The summed E-state index contributed by atoms with van der Waals surface area (Å²) in [6.45, 7) is 37.5. The number of fused-ring (bicyclic) bond motifs is 3. The van der Waals surface area contributed by atoms with Gasteiger partial charge in [-0.2, -0.15) is 0 Å². The van der Waals surface area contributed by atoms with Gasteiger partial charge >= 0.3 is 29.8 Å². The van der Waals surface area contributed by atoms with E-state index in [9.17, 15) is 59.4 Å². The van der Waals surface area contributed by atoms with Crippen molar-refractivity contribution in [1.82, 2.24) is 45.0 Å². The number of aliphatic hydroxyl groups excluding tert-OH is 1. The number of hydrogen-bond acceptors (Lipinski definition) is 23. The van der Waals surface area contributed by atoms with Crippen LogP contribution >= 0.6 is 23.2 Å². The lowest BCUT2D eigenvalue weighted by Crippen LogP contribution is -2.26. The first-order chi connectivity index (χ1) is 53.0. The molecule has 113 heavy (non-hydrogen) atoms. The molecular formula is C85H89Cl2N9O17. The van der Waals surface area contributed by atoms with Crippen molar-refractivity contribution < 1.29 is 83.1 Å². The van der Waals surface area contributed by atoms with Crippen LogP contribution in [0.2, 0.25) is 10.0 Å². The molecule has 3 aromatic heterocycles. The number of nitrogens with zero attached hydrogens (tertiary/aromatic N) is 9. The van der Waals surface area contributed by atoms with E-state index >= 15 is 0 Å². The van der Waals surface area contributed by atoms with Gasteiger partial charge in [-0.15, -0.1) is 45.0 Å². The average molecular weight is 1580 g/mol. The molecule has 0 aliphatic heterocycles. The molecule has 0 aliphatic carbocycles. The second kappa shape index (κ2) is 36.5. The van der Waals surface area contributed by atoms with E-state index in [4.69, 9.17) is 46.9 Å². The van der Waals surface area contributed by atoms with E-state index in [0.29, 0.717) is 88.1 Å². The van der Waals surface area contributed by atoms with Crippen LogP contribution in [-0.2, 0) is 90.1 Å². The molecule has 0 aliphatic rings. The lowest BCUT2D eigenvalue weighted by molar-refractivity contribution is -0.150. The Morgan fingerprint density at radius 1 is 0.389 bits per heavy atom. The summed E-state index contributed by atoms with van der Waals surface area (Å²) in [5.74, 6) is -3.41. The molecule has 11 aromatic rings. The monoisotopic (exact) mass is 1580 g/mol. The van der Waals surface area contributed by atoms with Crippen molar-refractivity contribution in [2.75, 3.05) is 13.2 Å². The molecule has 8 aromatic carbocycles. The maximum Gasteiger partial charge on any atom is 0.333 e. The minimum Gasteiger partial charge on any atom is -0.507 e. The Bertz CT molecular complexity index is 5470. The van der Waals surface area contributed by atoms with Crippen molar-refractivity contribution in [3.63, 3.8) is 0 Å². The summed E-state index contributed by atoms with van der Waals surface area (Å²) in [4.78, 5) is 75.3. The van der Waals surface area contributed by atoms with Crippen molar-refractivity contribution in [3.8, 4) is 45.8 Å². The Balaban J connectivity index is 0.000000191. The molecule has 0 spiro atoms. The lowest BCUT2D eigenvalue weighted by atomic mass is 9.84. The fourth-order valence-corrected chi connectivity index (χ4v) is 11.0. The third-order valence-corrected chi connectivity index (χ3v) is 17.1. The molecule has 6 N–H and O–H groups in total.